The normalized spacial score (nSPS) is 22.9. The summed E-state index contributed by atoms with van der Waals surface area (Å²) in [7, 11) is 1.99. The molecule has 0 bridgehead atoms. The van der Waals surface area contributed by atoms with E-state index in [4.69, 9.17) is 0 Å². The number of rotatable bonds is 3. The molecule has 1 aromatic carbocycles. The second-order valence-electron chi connectivity index (χ2n) is 8.48. The first-order valence-electron chi connectivity index (χ1n) is 10.2. The molecule has 164 valence electrons. The van der Waals surface area contributed by atoms with Gasteiger partial charge in [-0.3, -0.25) is 0 Å². The molecule has 0 radical (unpaired) electrons. The summed E-state index contributed by atoms with van der Waals surface area (Å²) in [5, 5.41) is 29.5. The quantitative estimate of drug-likeness (QED) is 0.659. The minimum atomic E-state index is -4.54. The average Bonchev–Trinajstić information content (AvgIpc) is 3.47. The van der Waals surface area contributed by atoms with Gasteiger partial charge in [0.2, 0.25) is 0 Å². The number of imidazole rings is 1. The number of hydrogen-bond acceptors (Lipinski definition) is 6. The number of piperidine rings is 1. The topological polar surface area (TPSA) is 87.3 Å². The molecule has 2 aliphatic rings. The monoisotopic (exact) mass is 433 g/mol. The van der Waals surface area contributed by atoms with Crippen molar-refractivity contribution in [2.75, 3.05) is 20.1 Å². The number of hydrogen-bond donors (Lipinski definition) is 2. The van der Waals surface area contributed by atoms with Crippen LogP contribution in [0.1, 0.15) is 42.3 Å². The van der Waals surface area contributed by atoms with Crippen molar-refractivity contribution in [2.24, 2.45) is 0 Å². The molecule has 5 rings (SSSR count). The lowest BCUT2D eigenvalue weighted by molar-refractivity contribution is -0.137. The van der Waals surface area contributed by atoms with E-state index in [9.17, 15) is 23.4 Å². The Morgan fingerprint density at radius 1 is 1.13 bits per heavy atom. The third-order valence-corrected chi connectivity index (χ3v) is 6.20. The lowest BCUT2D eigenvalue weighted by atomic mass is 9.99. The molecule has 2 N–H and O–H groups in total. The molecule has 1 saturated heterocycles. The predicted octanol–water partition coefficient (Wildman–Crippen LogP) is 3.33. The van der Waals surface area contributed by atoms with Crippen LogP contribution in [0.2, 0.25) is 0 Å². The van der Waals surface area contributed by atoms with Crippen molar-refractivity contribution in [2.45, 2.75) is 43.5 Å². The Balaban J connectivity index is 1.62. The number of nitrogens with zero attached hydrogens (tertiary/aromatic N) is 5. The third kappa shape index (κ3) is 3.53. The summed E-state index contributed by atoms with van der Waals surface area (Å²) < 4.78 is 40.8. The SMILES string of the molecule is CN1CC[C@@H](O)[C@@H](n2cnc3c(C4CC4)c(-c4ccc(C(F)(F)F)cc4O)nnc32)C1. The van der Waals surface area contributed by atoms with Gasteiger partial charge in [0.1, 0.15) is 17.0 Å². The zero-order valence-corrected chi connectivity index (χ0v) is 16.8. The van der Waals surface area contributed by atoms with E-state index in [1.165, 1.54) is 6.07 Å². The van der Waals surface area contributed by atoms with E-state index in [0.717, 1.165) is 31.0 Å². The first-order chi connectivity index (χ1) is 14.7. The van der Waals surface area contributed by atoms with Crippen molar-refractivity contribution in [3.63, 3.8) is 0 Å². The van der Waals surface area contributed by atoms with E-state index in [0.29, 0.717) is 35.9 Å². The van der Waals surface area contributed by atoms with Crippen LogP contribution in [0.4, 0.5) is 13.2 Å². The van der Waals surface area contributed by atoms with Crippen molar-refractivity contribution in [3.05, 3.63) is 35.7 Å². The number of aliphatic hydroxyl groups is 1. The predicted molar refractivity (Wildman–Crippen MR) is 107 cm³/mol. The average molecular weight is 433 g/mol. The summed E-state index contributed by atoms with van der Waals surface area (Å²) in [4.78, 5) is 6.69. The Kier molecular flexibility index (Phi) is 4.67. The minimum Gasteiger partial charge on any atom is -0.507 e. The Bertz CT molecular complexity index is 1140. The molecule has 3 heterocycles. The standard InChI is InChI=1S/C21H22F3N5O2/c1-28-7-6-15(30)14(9-28)29-10-25-19-17(11-2-3-11)18(26-27-20(19)29)13-5-4-12(8-16(13)31)21(22,23)24/h4-5,8,10-11,14-15,30-31H,2-3,6-7,9H2,1H3/t14-,15+/m0/s1. The summed E-state index contributed by atoms with van der Waals surface area (Å²) in [5.74, 6) is -0.328. The van der Waals surface area contributed by atoms with Gasteiger partial charge in [-0.2, -0.15) is 13.2 Å². The molecule has 0 spiro atoms. The Morgan fingerprint density at radius 2 is 1.90 bits per heavy atom. The van der Waals surface area contributed by atoms with Crippen LogP contribution >= 0.6 is 0 Å². The van der Waals surface area contributed by atoms with Crippen LogP contribution in [0.15, 0.2) is 24.5 Å². The summed E-state index contributed by atoms with van der Waals surface area (Å²) in [6, 6.07) is 2.67. The summed E-state index contributed by atoms with van der Waals surface area (Å²) in [5.41, 5.74) is 1.58. The number of alkyl halides is 3. The van der Waals surface area contributed by atoms with Crippen LogP contribution in [-0.4, -0.2) is 61.1 Å². The molecule has 7 nitrogen and oxygen atoms in total. The smallest absolute Gasteiger partial charge is 0.416 e. The highest BCUT2D eigenvalue weighted by Crippen LogP contribution is 2.48. The fraction of sp³-hybridized carbons (Fsp3) is 0.476. The molecular formula is C21H22F3N5O2. The number of halogens is 3. The van der Waals surface area contributed by atoms with Gasteiger partial charge >= 0.3 is 6.18 Å². The number of likely N-dealkylation sites (tertiary alicyclic amines) is 1. The summed E-state index contributed by atoms with van der Waals surface area (Å²) in [6.07, 6.45) is -0.958. The van der Waals surface area contributed by atoms with E-state index in [2.05, 4.69) is 20.1 Å². The van der Waals surface area contributed by atoms with Gasteiger partial charge in [-0.1, -0.05) is 0 Å². The molecule has 10 heteroatoms. The molecule has 3 aromatic rings. The number of aromatic nitrogens is 4. The Morgan fingerprint density at radius 3 is 2.58 bits per heavy atom. The second-order valence-corrected chi connectivity index (χ2v) is 8.48. The molecular weight excluding hydrogens is 411 g/mol. The maximum Gasteiger partial charge on any atom is 0.416 e. The third-order valence-electron chi connectivity index (χ3n) is 6.20. The van der Waals surface area contributed by atoms with Crippen molar-refractivity contribution in [1.82, 2.24) is 24.6 Å². The van der Waals surface area contributed by atoms with Crippen molar-refractivity contribution < 1.29 is 23.4 Å². The van der Waals surface area contributed by atoms with Gasteiger partial charge in [0.25, 0.3) is 0 Å². The minimum absolute atomic E-state index is 0.164. The highest BCUT2D eigenvalue weighted by molar-refractivity contribution is 5.84. The molecule has 0 amide bonds. The lowest BCUT2D eigenvalue weighted by Gasteiger charge is -2.34. The van der Waals surface area contributed by atoms with Crippen molar-refractivity contribution >= 4 is 11.2 Å². The van der Waals surface area contributed by atoms with Crippen LogP contribution in [0, 0.1) is 0 Å². The number of likely N-dealkylation sites (N-methyl/N-ethyl adjacent to an activating group) is 1. The van der Waals surface area contributed by atoms with Crippen LogP contribution in [0.3, 0.4) is 0 Å². The number of aliphatic hydroxyl groups excluding tert-OH is 1. The fourth-order valence-electron chi connectivity index (χ4n) is 4.37. The maximum absolute atomic E-state index is 13.0. The molecule has 1 aliphatic heterocycles. The van der Waals surface area contributed by atoms with Crippen LogP contribution in [0.5, 0.6) is 5.75 Å². The lowest BCUT2D eigenvalue weighted by Crippen LogP contribution is -2.42. The number of benzene rings is 1. The van der Waals surface area contributed by atoms with E-state index in [1.807, 2.05) is 11.6 Å². The molecule has 0 unspecified atom stereocenters. The number of fused-ring (bicyclic) bond motifs is 1. The van der Waals surface area contributed by atoms with Gasteiger partial charge < -0.3 is 19.7 Å². The maximum atomic E-state index is 13.0. The number of phenolic OH excluding ortho intramolecular Hbond substituents is 1. The van der Waals surface area contributed by atoms with Crippen molar-refractivity contribution in [3.8, 4) is 17.0 Å². The van der Waals surface area contributed by atoms with Gasteiger partial charge in [0, 0.05) is 24.2 Å². The molecule has 2 atom stereocenters. The van der Waals surface area contributed by atoms with E-state index >= 15 is 0 Å². The first-order valence-corrected chi connectivity index (χ1v) is 10.2. The first kappa shape index (κ1) is 20.2. The molecule has 2 aromatic heterocycles. The summed E-state index contributed by atoms with van der Waals surface area (Å²) in [6.45, 7) is 1.45. The molecule has 2 fully saturated rings. The zero-order chi connectivity index (χ0) is 21.9. The van der Waals surface area contributed by atoms with Gasteiger partial charge in [0.05, 0.1) is 24.0 Å². The largest absolute Gasteiger partial charge is 0.507 e. The van der Waals surface area contributed by atoms with E-state index in [-0.39, 0.29) is 17.5 Å². The zero-order valence-electron chi connectivity index (χ0n) is 16.8. The Labute approximate surface area is 176 Å². The van der Waals surface area contributed by atoms with E-state index < -0.39 is 23.6 Å². The fourth-order valence-corrected chi connectivity index (χ4v) is 4.37. The van der Waals surface area contributed by atoms with Gasteiger partial charge in [-0.05, 0) is 50.4 Å². The van der Waals surface area contributed by atoms with Crippen LogP contribution in [-0.2, 0) is 6.18 Å². The van der Waals surface area contributed by atoms with E-state index in [1.54, 1.807) is 6.33 Å². The highest BCUT2D eigenvalue weighted by Gasteiger charge is 2.36. The van der Waals surface area contributed by atoms with Crippen molar-refractivity contribution in [1.29, 1.82) is 0 Å². The van der Waals surface area contributed by atoms with Crippen LogP contribution < -0.4 is 0 Å². The number of aromatic hydroxyl groups is 1. The second kappa shape index (κ2) is 7.16. The molecule has 1 saturated carbocycles. The van der Waals surface area contributed by atoms with Gasteiger partial charge in [0.15, 0.2) is 5.65 Å². The molecule has 31 heavy (non-hydrogen) atoms. The van der Waals surface area contributed by atoms with Gasteiger partial charge in [-0.25, -0.2) is 4.98 Å². The number of phenols is 1. The molecule has 1 aliphatic carbocycles. The highest BCUT2D eigenvalue weighted by atomic mass is 19.4. The summed E-state index contributed by atoms with van der Waals surface area (Å²) >= 11 is 0. The Hall–Kier alpha value is -2.72. The van der Waals surface area contributed by atoms with Crippen LogP contribution in [0.25, 0.3) is 22.4 Å². The van der Waals surface area contributed by atoms with Gasteiger partial charge in [-0.15, -0.1) is 10.2 Å².